The first kappa shape index (κ1) is 17.6. The maximum absolute atomic E-state index is 11.3. The summed E-state index contributed by atoms with van der Waals surface area (Å²) in [5.41, 5.74) is 1.61. The molecule has 0 aliphatic rings. The van der Waals surface area contributed by atoms with Crippen molar-refractivity contribution < 1.29 is 24.6 Å². The van der Waals surface area contributed by atoms with Crippen molar-refractivity contribution in [2.24, 2.45) is 0 Å². The zero-order chi connectivity index (χ0) is 12.3. The molecular weight excluding hydrogens is 283 g/mol. The van der Waals surface area contributed by atoms with Crippen molar-refractivity contribution >= 4 is 33.9 Å². The second-order valence-electron chi connectivity index (χ2n) is 3.45. The number of carbonyl (C=O) groups is 1. The Morgan fingerprint density at radius 3 is 2.47 bits per heavy atom. The fourth-order valence-electron chi connectivity index (χ4n) is 1.60. The van der Waals surface area contributed by atoms with Crippen molar-refractivity contribution in [3.63, 3.8) is 0 Å². The molecule has 1 heterocycles. The maximum Gasteiger partial charge on any atom is -0.870 e. The molecule has 0 radical (unpaired) electrons. The minimum atomic E-state index is -0.339. The number of hydrogen-bond acceptors (Lipinski definition) is 6. The maximum atomic E-state index is 11.3. The van der Waals surface area contributed by atoms with E-state index >= 15 is 0 Å². The molecule has 0 unspecified atom stereocenters. The second kappa shape index (κ2) is 7.94. The average Bonchev–Trinajstić information content (AvgIpc) is 2.71. The molecule has 7 heteroatoms. The summed E-state index contributed by atoms with van der Waals surface area (Å²) in [5, 5.41) is 11.5. The van der Waals surface area contributed by atoms with E-state index in [1.165, 1.54) is 11.3 Å². The van der Waals surface area contributed by atoms with E-state index in [9.17, 15) is 9.90 Å². The van der Waals surface area contributed by atoms with Crippen molar-refractivity contribution in [1.29, 1.82) is 0 Å². The Labute approximate surface area is 122 Å². The van der Waals surface area contributed by atoms with Crippen LogP contribution in [0.25, 0.3) is 11.1 Å². The molecule has 0 atom stereocenters. The molecule has 3 N–H and O–H groups in total. The smallest absolute Gasteiger partial charge is 0.870 e. The van der Waals surface area contributed by atoms with E-state index in [-0.39, 0.29) is 29.1 Å². The van der Waals surface area contributed by atoms with Crippen LogP contribution < -0.4 is 0 Å². The molecule has 0 aliphatic heterocycles. The van der Waals surface area contributed by atoms with Gasteiger partial charge in [-0.05, 0) is 0 Å². The van der Waals surface area contributed by atoms with E-state index in [0.717, 1.165) is 10.4 Å². The van der Waals surface area contributed by atoms with Gasteiger partial charge in [-0.15, -0.1) is 0 Å². The first-order valence-corrected chi connectivity index (χ1v) is 6.31. The van der Waals surface area contributed by atoms with Gasteiger partial charge in [-0.25, -0.2) is 0 Å². The third kappa shape index (κ3) is 4.06. The molecule has 0 saturated heterocycles. The molecule has 0 spiro atoms. The first-order valence-electron chi connectivity index (χ1n) is 4.96. The van der Waals surface area contributed by atoms with Crippen LogP contribution in [-0.2, 0) is 15.0 Å². The van der Waals surface area contributed by atoms with E-state index in [2.05, 4.69) is 3.79 Å². The van der Waals surface area contributed by atoms with Crippen molar-refractivity contribution in [2.45, 2.75) is 6.42 Å². The standard InChI is InChI=1S/C12H10O3S.Al.2H2O/c13-9-7-16-10(6-11(14)15)12(9)8-4-2-1-3-5-8;;;/h1-5,7,13H,6H2,(H,14,15);;2*1H2/q;+3;;/p-3. The number of thiophene rings is 1. The molecule has 1 aromatic heterocycles. The van der Waals surface area contributed by atoms with Gasteiger partial charge in [0.2, 0.25) is 0 Å². The summed E-state index contributed by atoms with van der Waals surface area (Å²) in [6, 6.07) is 9.49. The SMILES string of the molecule is O=C(Cc1scc(O)c1-c1ccccc1)[O][Al+2].[OH-].[OH-]. The van der Waals surface area contributed by atoms with Gasteiger partial charge in [-0.1, -0.05) is 0 Å². The summed E-state index contributed by atoms with van der Waals surface area (Å²) in [5.74, 6) is -0.137. The molecule has 2 aromatic rings. The average molecular weight is 294 g/mol. The van der Waals surface area contributed by atoms with Gasteiger partial charge in [-0.3, -0.25) is 0 Å². The van der Waals surface area contributed by atoms with E-state index in [1.807, 2.05) is 47.0 Å². The Balaban J connectivity index is 0.00000162. The Kier molecular flexibility index (Phi) is 7.38. The Hall–Kier alpha value is -1.36. The third-order valence-electron chi connectivity index (χ3n) is 2.35. The predicted octanol–water partition coefficient (Wildman–Crippen LogP) is 1.94. The van der Waals surface area contributed by atoms with E-state index in [4.69, 9.17) is 0 Å². The predicted molar refractivity (Wildman–Crippen MR) is 70.8 cm³/mol. The third-order valence-corrected chi connectivity index (χ3v) is 3.58. The summed E-state index contributed by atoms with van der Waals surface area (Å²) >= 11 is 3.29. The first-order chi connectivity index (χ1) is 8.22. The Morgan fingerprint density at radius 1 is 1.26 bits per heavy atom. The van der Waals surface area contributed by atoms with Crippen LogP contribution >= 0.6 is 11.3 Å². The minimum absolute atomic E-state index is 0. The van der Waals surface area contributed by atoms with Crippen LogP contribution in [0.1, 0.15) is 4.88 Å². The molecule has 1 aromatic carbocycles. The van der Waals surface area contributed by atoms with E-state index in [1.54, 1.807) is 5.38 Å². The fraction of sp³-hybridized carbons (Fsp3) is 0.0833. The zero-order valence-electron chi connectivity index (χ0n) is 9.81. The molecule has 0 fully saturated rings. The van der Waals surface area contributed by atoms with Gasteiger partial charge < -0.3 is 11.0 Å². The van der Waals surface area contributed by atoms with Crippen molar-refractivity contribution in [3.8, 4) is 16.9 Å². The van der Waals surface area contributed by atoms with Gasteiger partial charge >= 0.3 is 112 Å². The summed E-state index contributed by atoms with van der Waals surface area (Å²) in [7, 11) is 0. The molecule has 5 nitrogen and oxygen atoms in total. The van der Waals surface area contributed by atoms with Crippen LogP contribution in [-0.4, -0.2) is 38.7 Å². The van der Waals surface area contributed by atoms with Gasteiger partial charge in [0.1, 0.15) is 0 Å². The van der Waals surface area contributed by atoms with Crippen LogP contribution in [0.3, 0.4) is 0 Å². The summed E-state index contributed by atoms with van der Waals surface area (Å²) in [6.45, 7) is 0. The molecule has 19 heavy (non-hydrogen) atoms. The summed E-state index contributed by atoms with van der Waals surface area (Å²) in [6.07, 6.45) is 0.166. The zero-order valence-corrected chi connectivity index (χ0v) is 11.8. The van der Waals surface area contributed by atoms with Crippen molar-refractivity contribution in [1.82, 2.24) is 0 Å². The largest absolute Gasteiger partial charge is 0.870 e. The summed E-state index contributed by atoms with van der Waals surface area (Å²) < 4.78 is 4.56. The quantitative estimate of drug-likeness (QED) is 0.870. The normalized spacial score (nSPS) is 9.16. The fourth-order valence-corrected chi connectivity index (χ4v) is 2.60. The van der Waals surface area contributed by atoms with Gasteiger partial charge in [0.25, 0.3) is 0 Å². The summed E-state index contributed by atoms with van der Waals surface area (Å²) in [4.78, 5) is 12.1. The Bertz CT molecular complexity index is 526. The number of benzene rings is 1. The molecule has 0 bridgehead atoms. The number of hydrogen-bond donors (Lipinski definition) is 1. The topological polar surface area (TPSA) is 107 Å². The molecule has 98 valence electrons. The molecular formula is C12H11AlO5S. The molecule has 0 saturated carbocycles. The van der Waals surface area contributed by atoms with Crippen molar-refractivity contribution in [2.75, 3.05) is 0 Å². The van der Waals surface area contributed by atoms with Crippen LogP contribution in [0, 0.1) is 0 Å². The molecule has 0 aliphatic carbocycles. The van der Waals surface area contributed by atoms with Crippen LogP contribution in [0.4, 0.5) is 0 Å². The van der Waals surface area contributed by atoms with Crippen LogP contribution in [0.5, 0.6) is 5.75 Å². The number of rotatable bonds is 3. The van der Waals surface area contributed by atoms with E-state index in [0.29, 0.717) is 5.56 Å². The van der Waals surface area contributed by atoms with Gasteiger partial charge in [-0.2, -0.15) is 0 Å². The minimum Gasteiger partial charge on any atom is -0.870 e. The van der Waals surface area contributed by atoms with Crippen molar-refractivity contribution in [3.05, 3.63) is 40.6 Å². The van der Waals surface area contributed by atoms with E-state index < -0.39 is 0 Å². The van der Waals surface area contributed by atoms with Crippen LogP contribution in [0.15, 0.2) is 35.7 Å². The van der Waals surface area contributed by atoms with Gasteiger partial charge in [0.05, 0.1) is 0 Å². The second-order valence-corrected chi connectivity index (χ2v) is 4.65. The monoisotopic (exact) mass is 294 g/mol. The molecule has 0 amide bonds. The number of aromatic hydroxyl groups is 1. The molecule has 2 rings (SSSR count). The Morgan fingerprint density at radius 2 is 1.89 bits per heavy atom. The number of carbonyl (C=O) groups excluding carboxylic acids is 1. The van der Waals surface area contributed by atoms with Gasteiger partial charge in [0, 0.05) is 0 Å². The van der Waals surface area contributed by atoms with Crippen LogP contribution in [0.2, 0.25) is 0 Å². The van der Waals surface area contributed by atoms with Gasteiger partial charge in [0.15, 0.2) is 0 Å².